The van der Waals surface area contributed by atoms with Crippen LogP contribution in [0.5, 0.6) is 0 Å². The monoisotopic (exact) mass is 283 g/mol. The molecule has 114 valence electrons. The van der Waals surface area contributed by atoms with Crippen LogP contribution in [0.1, 0.15) is 33.6 Å². The predicted molar refractivity (Wildman–Crippen MR) is 75.6 cm³/mol. The van der Waals surface area contributed by atoms with Crippen LogP contribution in [-0.4, -0.2) is 76.1 Å². The summed E-state index contributed by atoms with van der Waals surface area (Å²) < 4.78 is 0. The summed E-state index contributed by atoms with van der Waals surface area (Å²) in [7, 11) is 1.57. The van der Waals surface area contributed by atoms with E-state index in [-0.39, 0.29) is 12.1 Å². The molecule has 0 bridgehead atoms. The number of likely N-dealkylation sites (N-methyl/N-ethyl adjacent to an activating group) is 1. The van der Waals surface area contributed by atoms with Gasteiger partial charge in [0, 0.05) is 32.2 Å². The van der Waals surface area contributed by atoms with Gasteiger partial charge < -0.3 is 14.9 Å². The Hall–Kier alpha value is -1.30. The van der Waals surface area contributed by atoms with E-state index in [1.165, 1.54) is 11.3 Å². The number of hydrogen-bond donors (Lipinski definition) is 1. The quantitative estimate of drug-likeness (QED) is 0.823. The Kier molecular flexibility index (Phi) is 3.95. The first kappa shape index (κ1) is 15.1. The molecule has 0 spiro atoms. The Morgan fingerprint density at radius 2 is 1.95 bits per heavy atom. The zero-order valence-corrected chi connectivity index (χ0v) is 12.8. The minimum atomic E-state index is -1.19. The number of hydrogen-bond acceptors (Lipinski definition) is 3. The fraction of sp³-hybridized carbons (Fsp3) is 0.857. The molecule has 2 aliphatic heterocycles. The molecule has 0 radical (unpaired) electrons. The lowest BCUT2D eigenvalue weighted by Gasteiger charge is -2.45. The summed E-state index contributed by atoms with van der Waals surface area (Å²) in [5, 5.41) is 9.25. The standard InChI is InChI=1S/C14H25N3O3/c1-10-8-16-7-5-6-11(16)9-17(10)13(20)15(4)14(2,3)12(18)19/h10-11H,5-9H2,1-4H3,(H,18,19). The van der Waals surface area contributed by atoms with E-state index in [0.29, 0.717) is 12.6 Å². The zero-order valence-electron chi connectivity index (χ0n) is 12.8. The van der Waals surface area contributed by atoms with Gasteiger partial charge in [-0.15, -0.1) is 0 Å². The van der Waals surface area contributed by atoms with Gasteiger partial charge in [-0.1, -0.05) is 0 Å². The summed E-state index contributed by atoms with van der Waals surface area (Å²) in [6, 6.07) is 0.386. The van der Waals surface area contributed by atoms with E-state index in [1.54, 1.807) is 20.9 Å². The molecule has 2 heterocycles. The second-order valence-corrected chi connectivity index (χ2v) is 6.50. The Balaban J connectivity index is 2.10. The second-order valence-electron chi connectivity index (χ2n) is 6.50. The van der Waals surface area contributed by atoms with Gasteiger partial charge in [0.15, 0.2) is 0 Å². The van der Waals surface area contributed by atoms with Gasteiger partial charge in [0.25, 0.3) is 0 Å². The normalized spacial score (nSPS) is 27.3. The summed E-state index contributed by atoms with van der Waals surface area (Å²) in [4.78, 5) is 29.5. The van der Waals surface area contributed by atoms with E-state index in [2.05, 4.69) is 4.90 Å². The van der Waals surface area contributed by atoms with Gasteiger partial charge in [0.2, 0.25) is 0 Å². The van der Waals surface area contributed by atoms with Crippen molar-refractivity contribution >= 4 is 12.0 Å². The number of amides is 2. The molecule has 2 aliphatic rings. The third kappa shape index (κ3) is 2.49. The van der Waals surface area contributed by atoms with E-state index in [0.717, 1.165) is 19.5 Å². The minimum absolute atomic E-state index is 0.129. The summed E-state index contributed by atoms with van der Waals surface area (Å²) >= 11 is 0. The minimum Gasteiger partial charge on any atom is -0.480 e. The number of urea groups is 1. The van der Waals surface area contributed by atoms with Gasteiger partial charge in [-0.2, -0.15) is 0 Å². The smallest absolute Gasteiger partial charge is 0.329 e. The Morgan fingerprint density at radius 3 is 2.55 bits per heavy atom. The Labute approximate surface area is 120 Å². The van der Waals surface area contributed by atoms with Crippen LogP contribution in [0, 0.1) is 0 Å². The number of carbonyl (C=O) groups excluding carboxylic acids is 1. The second kappa shape index (κ2) is 5.24. The van der Waals surface area contributed by atoms with Gasteiger partial charge in [-0.25, -0.2) is 9.59 Å². The first-order chi connectivity index (χ1) is 9.25. The fourth-order valence-electron chi connectivity index (χ4n) is 3.03. The Morgan fingerprint density at radius 1 is 1.30 bits per heavy atom. The molecule has 2 rings (SSSR count). The van der Waals surface area contributed by atoms with E-state index in [9.17, 15) is 14.7 Å². The maximum atomic E-state index is 12.6. The van der Waals surface area contributed by atoms with Crippen molar-refractivity contribution in [3.8, 4) is 0 Å². The molecule has 6 heteroatoms. The van der Waals surface area contributed by atoms with Gasteiger partial charge in [0.05, 0.1) is 0 Å². The van der Waals surface area contributed by atoms with Crippen molar-refractivity contribution in [2.45, 2.75) is 51.2 Å². The largest absolute Gasteiger partial charge is 0.480 e. The number of carboxylic acids is 1. The number of nitrogens with zero attached hydrogens (tertiary/aromatic N) is 3. The Bertz CT molecular complexity index is 410. The first-order valence-corrected chi connectivity index (χ1v) is 7.27. The molecule has 2 unspecified atom stereocenters. The summed E-state index contributed by atoms with van der Waals surface area (Å²) in [5.41, 5.74) is -1.19. The van der Waals surface area contributed by atoms with Crippen molar-refractivity contribution < 1.29 is 14.7 Å². The lowest BCUT2D eigenvalue weighted by Crippen LogP contribution is -2.62. The molecular weight excluding hydrogens is 258 g/mol. The van der Waals surface area contributed by atoms with Crippen LogP contribution in [0.25, 0.3) is 0 Å². The maximum Gasteiger partial charge on any atom is 0.329 e. The lowest BCUT2D eigenvalue weighted by atomic mass is 10.0. The van der Waals surface area contributed by atoms with E-state index in [1.807, 2.05) is 11.8 Å². The molecule has 20 heavy (non-hydrogen) atoms. The molecule has 0 aromatic heterocycles. The van der Waals surface area contributed by atoms with Crippen molar-refractivity contribution in [1.29, 1.82) is 0 Å². The van der Waals surface area contributed by atoms with Crippen LogP contribution in [0.4, 0.5) is 4.79 Å². The van der Waals surface area contributed by atoms with Crippen LogP contribution in [0.15, 0.2) is 0 Å². The van der Waals surface area contributed by atoms with Crippen LogP contribution in [-0.2, 0) is 4.79 Å². The highest BCUT2D eigenvalue weighted by atomic mass is 16.4. The molecule has 2 fully saturated rings. The average molecular weight is 283 g/mol. The number of aliphatic carboxylic acids is 1. The molecule has 0 aliphatic carbocycles. The van der Waals surface area contributed by atoms with E-state index < -0.39 is 11.5 Å². The van der Waals surface area contributed by atoms with E-state index >= 15 is 0 Å². The molecule has 0 aromatic carbocycles. The fourth-order valence-corrected chi connectivity index (χ4v) is 3.03. The van der Waals surface area contributed by atoms with Crippen molar-refractivity contribution in [3.05, 3.63) is 0 Å². The molecule has 2 saturated heterocycles. The van der Waals surface area contributed by atoms with Crippen LogP contribution >= 0.6 is 0 Å². The molecule has 2 amide bonds. The van der Waals surface area contributed by atoms with Crippen molar-refractivity contribution in [2.24, 2.45) is 0 Å². The molecule has 0 aromatic rings. The highest BCUT2D eigenvalue weighted by Gasteiger charge is 2.42. The van der Waals surface area contributed by atoms with Crippen LogP contribution in [0.3, 0.4) is 0 Å². The average Bonchev–Trinajstić information content (AvgIpc) is 2.82. The highest BCUT2D eigenvalue weighted by Crippen LogP contribution is 2.26. The van der Waals surface area contributed by atoms with Crippen LogP contribution < -0.4 is 0 Å². The summed E-state index contributed by atoms with van der Waals surface area (Å²) in [6.45, 7) is 7.87. The molecular formula is C14H25N3O3. The van der Waals surface area contributed by atoms with Crippen LogP contribution in [0.2, 0.25) is 0 Å². The third-order valence-corrected chi connectivity index (χ3v) is 4.83. The van der Waals surface area contributed by atoms with Gasteiger partial charge >= 0.3 is 12.0 Å². The SMILES string of the molecule is CC1CN2CCCC2CN1C(=O)N(C)C(C)(C)C(=O)O. The summed E-state index contributed by atoms with van der Waals surface area (Å²) in [6.07, 6.45) is 2.32. The van der Waals surface area contributed by atoms with Crippen molar-refractivity contribution in [2.75, 3.05) is 26.7 Å². The number of fused-ring (bicyclic) bond motifs is 1. The van der Waals surface area contributed by atoms with Gasteiger partial charge in [0.1, 0.15) is 5.54 Å². The number of carbonyl (C=O) groups is 2. The molecule has 6 nitrogen and oxygen atoms in total. The van der Waals surface area contributed by atoms with Crippen molar-refractivity contribution in [3.63, 3.8) is 0 Å². The predicted octanol–water partition coefficient (Wildman–Crippen LogP) is 1.07. The zero-order chi connectivity index (χ0) is 15.1. The van der Waals surface area contributed by atoms with Crippen molar-refractivity contribution in [1.82, 2.24) is 14.7 Å². The topological polar surface area (TPSA) is 64.1 Å². The highest BCUT2D eigenvalue weighted by molar-refractivity contribution is 5.85. The van der Waals surface area contributed by atoms with Gasteiger partial charge in [-0.05, 0) is 40.2 Å². The maximum absolute atomic E-state index is 12.6. The van der Waals surface area contributed by atoms with E-state index in [4.69, 9.17) is 0 Å². The third-order valence-electron chi connectivity index (χ3n) is 4.83. The number of carboxylic acid groups (broad SMARTS) is 1. The molecule has 0 saturated carbocycles. The summed E-state index contributed by atoms with van der Waals surface area (Å²) in [5.74, 6) is -0.986. The first-order valence-electron chi connectivity index (χ1n) is 7.27. The lowest BCUT2D eigenvalue weighted by molar-refractivity contribution is -0.147. The number of piperazine rings is 1. The molecule has 1 N–H and O–H groups in total. The van der Waals surface area contributed by atoms with Gasteiger partial charge in [-0.3, -0.25) is 4.90 Å². The number of rotatable bonds is 2. The molecule has 2 atom stereocenters.